The topological polar surface area (TPSA) is 36.4 Å². The Morgan fingerprint density at radius 2 is 2.43 bits per heavy atom. The van der Waals surface area contributed by atoms with Crippen LogP contribution in [0.25, 0.3) is 0 Å². The van der Waals surface area contributed by atoms with Gasteiger partial charge in [0.05, 0.1) is 12.6 Å². The van der Waals surface area contributed by atoms with E-state index in [4.69, 9.17) is 0 Å². The molecule has 0 radical (unpaired) electrons. The Bertz CT molecular complexity index is 301. The quantitative estimate of drug-likeness (QED) is 0.844. The van der Waals surface area contributed by atoms with Crippen LogP contribution in [0.3, 0.4) is 0 Å². The number of aromatic nitrogens is 1. The summed E-state index contributed by atoms with van der Waals surface area (Å²) in [7, 11) is 0. The lowest BCUT2D eigenvalue weighted by atomic mass is 10.2. The molecule has 1 saturated heterocycles. The maximum Gasteiger partial charge on any atom is 0.128 e. The van der Waals surface area contributed by atoms with E-state index in [2.05, 4.69) is 38.5 Å². The second-order valence-electron chi connectivity index (χ2n) is 3.51. The van der Waals surface area contributed by atoms with Crippen LogP contribution in [0.5, 0.6) is 0 Å². The number of nitrogens with zero attached hydrogens (tertiary/aromatic N) is 2. The Morgan fingerprint density at radius 3 is 3.07 bits per heavy atom. The molecule has 3 nitrogen and oxygen atoms in total. The first-order valence-electron chi connectivity index (χ1n) is 4.80. The summed E-state index contributed by atoms with van der Waals surface area (Å²) in [6.07, 6.45) is 4.09. The van der Waals surface area contributed by atoms with E-state index in [1.54, 1.807) is 0 Å². The standard InChI is InChI=1S/C10H13IN2O/c11-8-3-4-10(12-6-8)13-5-1-2-9(13)7-14/h3-4,6,9,14H,1-2,5,7H2/t9-/m0/s1. The van der Waals surface area contributed by atoms with Crippen molar-refractivity contribution in [3.05, 3.63) is 21.9 Å². The number of rotatable bonds is 2. The van der Waals surface area contributed by atoms with E-state index in [0.29, 0.717) is 0 Å². The number of anilines is 1. The summed E-state index contributed by atoms with van der Waals surface area (Å²) < 4.78 is 1.14. The smallest absolute Gasteiger partial charge is 0.128 e. The molecule has 0 aliphatic carbocycles. The summed E-state index contributed by atoms with van der Waals surface area (Å²) in [5.74, 6) is 0.988. The van der Waals surface area contributed by atoms with Gasteiger partial charge in [0, 0.05) is 16.3 Å². The minimum Gasteiger partial charge on any atom is -0.394 e. The molecule has 0 saturated carbocycles. The second-order valence-corrected chi connectivity index (χ2v) is 4.75. The van der Waals surface area contributed by atoms with Crippen molar-refractivity contribution in [1.82, 2.24) is 4.98 Å². The number of aliphatic hydroxyl groups excluding tert-OH is 1. The van der Waals surface area contributed by atoms with Crippen LogP contribution < -0.4 is 4.90 Å². The predicted octanol–water partition coefficient (Wildman–Crippen LogP) is 1.65. The van der Waals surface area contributed by atoms with Gasteiger partial charge in [0.2, 0.25) is 0 Å². The van der Waals surface area contributed by atoms with Crippen LogP contribution in [0.4, 0.5) is 5.82 Å². The summed E-state index contributed by atoms with van der Waals surface area (Å²) in [6, 6.07) is 4.34. The molecule has 0 spiro atoms. The normalized spacial score (nSPS) is 21.6. The lowest BCUT2D eigenvalue weighted by molar-refractivity contribution is 0.266. The Morgan fingerprint density at radius 1 is 1.57 bits per heavy atom. The third-order valence-electron chi connectivity index (χ3n) is 2.59. The molecule has 0 amide bonds. The van der Waals surface area contributed by atoms with E-state index < -0.39 is 0 Å². The molecule has 1 fully saturated rings. The van der Waals surface area contributed by atoms with E-state index in [0.717, 1.165) is 28.8 Å². The van der Waals surface area contributed by atoms with Gasteiger partial charge in [0.25, 0.3) is 0 Å². The Hall–Kier alpha value is -0.360. The van der Waals surface area contributed by atoms with Crippen LogP contribution in [-0.2, 0) is 0 Å². The van der Waals surface area contributed by atoms with Crippen LogP contribution in [0.2, 0.25) is 0 Å². The van der Waals surface area contributed by atoms with Crippen LogP contribution in [-0.4, -0.2) is 29.3 Å². The Labute approximate surface area is 97.3 Å². The van der Waals surface area contributed by atoms with Gasteiger partial charge in [-0.1, -0.05) is 0 Å². The van der Waals surface area contributed by atoms with E-state index in [-0.39, 0.29) is 12.6 Å². The Kier molecular flexibility index (Phi) is 3.22. The summed E-state index contributed by atoms with van der Waals surface area (Å²) in [6.45, 7) is 1.24. The van der Waals surface area contributed by atoms with Crippen molar-refractivity contribution in [3.8, 4) is 0 Å². The molecule has 2 rings (SSSR count). The van der Waals surface area contributed by atoms with Gasteiger partial charge in [0.1, 0.15) is 5.82 Å². The van der Waals surface area contributed by atoms with Crippen LogP contribution >= 0.6 is 22.6 Å². The first kappa shape index (κ1) is 10.2. The third kappa shape index (κ3) is 2.00. The van der Waals surface area contributed by atoms with Gasteiger partial charge in [-0.15, -0.1) is 0 Å². The van der Waals surface area contributed by atoms with E-state index in [1.807, 2.05) is 12.3 Å². The van der Waals surface area contributed by atoms with E-state index >= 15 is 0 Å². The van der Waals surface area contributed by atoms with Gasteiger partial charge < -0.3 is 10.0 Å². The average Bonchev–Trinajstić information content (AvgIpc) is 2.67. The average molecular weight is 304 g/mol. The summed E-state index contributed by atoms with van der Waals surface area (Å²) in [5.41, 5.74) is 0. The molecule has 1 atom stereocenters. The Balaban J connectivity index is 2.17. The first-order valence-corrected chi connectivity index (χ1v) is 5.88. The summed E-state index contributed by atoms with van der Waals surface area (Å²) in [4.78, 5) is 6.56. The number of hydrogen-bond donors (Lipinski definition) is 1. The molecule has 76 valence electrons. The highest BCUT2D eigenvalue weighted by atomic mass is 127. The van der Waals surface area contributed by atoms with Crippen molar-refractivity contribution in [2.24, 2.45) is 0 Å². The van der Waals surface area contributed by atoms with Crippen molar-refractivity contribution in [2.75, 3.05) is 18.1 Å². The maximum atomic E-state index is 9.18. The van der Waals surface area contributed by atoms with Crippen molar-refractivity contribution < 1.29 is 5.11 Å². The molecule has 1 N–H and O–H groups in total. The van der Waals surface area contributed by atoms with Crippen molar-refractivity contribution in [1.29, 1.82) is 0 Å². The van der Waals surface area contributed by atoms with Crippen molar-refractivity contribution in [2.45, 2.75) is 18.9 Å². The SMILES string of the molecule is OC[C@@H]1CCCN1c1ccc(I)cn1. The second kappa shape index (κ2) is 4.44. The molecule has 2 heterocycles. The zero-order valence-corrected chi connectivity index (χ0v) is 10.0. The molecule has 0 aromatic carbocycles. The molecule has 0 unspecified atom stereocenters. The fraction of sp³-hybridized carbons (Fsp3) is 0.500. The highest BCUT2D eigenvalue weighted by Crippen LogP contribution is 2.23. The highest BCUT2D eigenvalue weighted by molar-refractivity contribution is 14.1. The zero-order valence-electron chi connectivity index (χ0n) is 7.86. The predicted molar refractivity (Wildman–Crippen MR) is 64.4 cm³/mol. The lowest BCUT2D eigenvalue weighted by Gasteiger charge is -2.23. The fourth-order valence-electron chi connectivity index (χ4n) is 1.87. The fourth-order valence-corrected chi connectivity index (χ4v) is 2.18. The molecule has 1 aliphatic rings. The van der Waals surface area contributed by atoms with Gasteiger partial charge in [-0.25, -0.2) is 4.98 Å². The van der Waals surface area contributed by atoms with Gasteiger partial charge in [-0.05, 0) is 47.6 Å². The molecule has 1 aromatic rings. The zero-order chi connectivity index (χ0) is 9.97. The number of halogens is 1. The van der Waals surface area contributed by atoms with Crippen LogP contribution in [0, 0.1) is 3.57 Å². The van der Waals surface area contributed by atoms with Crippen LogP contribution in [0.1, 0.15) is 12.8 Å². The third-order valence-corrected chi connectivity index (χ3v) is 3.23. The monoisotopic (exact) mass is 304 g/mol. The number of aliphatic hydroxyl groups is 1. The largest absolute Gasteiger partial charge is 0.394 e. The molecular weight excluding hydrogens is 291 g/mol. The maximum absolute atomic E-state index is 9.18. The molecular formula is C10H13IN2O. The molecule has 14 heavy (non-hydrogen) atoms. The molecule has 4 heteroatoms. The van der Waals surface area contributed by atoms with Crippen molar-refractivity contribution in [3.63, 3.8) is 0 Å². The van der Waals surface area contributed by atoms with Gasteiger partial charge in [-0.3, -0.25) is 0 Å². The molecule has 1 aromatic heterocycles. The van der Waals surface area contributed by atoms with Gasteiger partial charge in [-0.2, -0.15) is 0 Å². The minimum absolute atomic E-state index is 0.230. The minimum atomic E-state index is 0.230. The van der Waals surface area contributed by atoms with Gasteiger partial charge >= 0.3 is 0 Å². The van der Waals surface area contributed by atoms with E-state index in [9.17, 15) is 5.11 Å². The summed E-state index contributed by atoms with van der Waals surface area (Å²) in [5, 5.41) is 9.18. The van der Waals surface area contributed by atoms with E-state index in [1.165, 1.54) is 0 Å². The van der Waals surface area contributed by atoms with Crippen LogP contribution in [0.15, 0.2) is 18.3 Å². The van der Waals surface area contributed by atoms with Gasteiger partial charge in [0.15, 0.2) is 0 Å². The number of hydrogen-bond acceptors (Lipinski definition) is 3. The molecule has 1 aliphatic heterocycles. The molecule has 0 bridgehead atoms. The first-order chi connectivity index (χ1) is 6.81. The summed E-state index contributed by atoms with van der Waals surface area (Å²) >= 11 is 2.24. The lowest BCUT2D eigenvalue weighted by Crippen LogP contribution is -2.32. The highest BCUT2D eigenvalue weighted by Gasteiger charge is 2.24. The number of pyridine rings is 1. The van der Waals surface area contributed by atoms with Crippen molar-refractivity contribution >= 4 is 28.4 Å².